The highest BCUT2D eigenvalue weighted by atomic mass is 16.5. The second-order valence-corrected chi connectivity index (χ2v) is 4.63. The normalized spacial score (nSPS) is 13.4. The summed E-state index contributed by atoms with van der Waals surface area (Å²) < 4.78 is 15.6. The van der Waals surface area contributed by atoms with Crippen LogP contribution < -0.4 is 14.2 Å². The number of hydrogen-bond donors (Lipinski definition) is 2. The first kappa shape index (κ1) is 17.1. The number of benzene rings is 1. The molecule has 2 unspecified atom stereocenters. The molecule has 0 saturated heterocycles. The highest BCUT2D eigenvalue weighted by molar-refractivity contribution is 5.71. The van der Waals surface area contributed by atoms with Gasteiger partial charge in [0.1, 0.15) is 5.75 Å². The summed E-state index contributed by atoms with van der Waals surface area (Å²) in [6.07, 6.45) is -0.158. The lowest BCUT2D eigenvalue weighted by molar-refractivity contribution is -0.146. The van der Waals surface area contributed by atoms with Gasteiger partial charge in [0.25, 0.3) is 0 Å². The average Bonchev–Trinajstić information content (AvgIpc) is 2.50. The Morgan fingerprint density at radius 3 is 2.05 bits per heavy atom. The molecule has 0 aliphatic rings. The number of carboxylic acids is 1. The molecule has 2 N–H and O–H groups in total. The minimum atomic E-state index is -1.18. The summed E-state index contributed by atoms with van der Waals surface area (Å²) in [7, 11) is 4.42. The van der Waals surface area contributed by atoms with Gasteiger partial charge < -0.3 is 24.4 Å². The van der Waals surface area contributed by atoms with Gasteiger partial charge in [-0.2, -0.15) is 0 Å². The van der Waals surface area contributed by atoms with Crippen molar-refractivity contribution in [3.63, 3.8) is 0 Å². The van der Waals surface area contributed by atoms with Crippen molar-refractivity contribution in [2.24, 2.45) is 5.92 Å². The van der Waals surface area contributed by atoms with Crippen LogP contribution in [-0.4, -0.2) is 37.5 Å². The van der Waals surface area contributed by atoms with E-state index >= 15 is 0 Å². The van der Waals surface area contributed by atoms with Gasteiger partial charge in [-0.05, 0) is 12.5 Å². The zero-order valence-electron chi connectivity index (χ0n) is 12.8. The van der Waals surface area contributed by atoms with Crippen molar-refractivity contribution in [3.8, 4) is 17.2 Å². The van der Waals surface area contributed by atoms with Crippen LogP contribution in [-0.2, 0) is 4.79 Å². The monoisotopic (exact) mass is 298 g/mol. The minimum absolute atomic E-state index is 0.363. The van der Waals surface area contributed by atoms with E-state index < -0.39 is 18.0 Å². The number of aliphatic carboxylic acids is 1. The molecule has 1 aromatic carbocycles. The van der Waals surface area contributed by atoms with Crippen LogP contribution in [0, 0.1) is 5.92 Å². The largest absolute Gasteiger partial charge is 0.496 e. The first-order valence-corrected chi connectivity index (χ1v) is 6.70. The lowest BCUT2D eigenvalue weighted by Crippen LogP contribution is -2.22. The molecule has 0 radical (unpaired) electrons. The van der Waals surface area contributed by atoms with E-state index in [4.69, 9.17) is 14.2 Å². The van der Waals surface area contributed by atoms with Crippen LogP contribution in [0.5, 0.6) is 17.2 Å². The maximum Gasteiger partial charge on any atom is 0.309 e. The van der Waals surface area contributed by atoms with Crippen LogP contribution in [0.4, 0.5) is 0 Å². The number of ether oxygens (including phenoxy) is 3. The molecular weight excluding hydrogens is 276 g/mol. The van der Waals surface area contributed by atoms with Crippen LogP contribution in [0.15, 0.2) is 12.1 Å². The Bertz CT molecular complexity index is 485. The number of rotatable bonds is 8. The quantitative estimate of drug-likeness (QED) is 0.765. The summed E-state index contributed by atoms with van der Waals surface area (Å²) in [6, 6.07) is 3.12. The average molecular weight is 298 g/mol. The molecule has 0 aliphatic heterocycles. The Kier molecular flexibility index (Phi) is 6.30. The van der Waals surface area contributed by atoms with Gasteiger partial charge >= 0.3 is 5.97 Å². The number of hydrogen-bond acceptors (Lipinski definition) is 5. The molecule has 1 rings (SSSR count). The summed E-state index contributed by atoms with van der Waals surface area (Å²) in [5, 5.41) is 19.7. The van der Waals surface area contributed by atoms with E-state index in [9.17, 15) is 15.0 Å². The summed E-state index contributed by atoms with van der Waals surface area (Å²) in [5.74, 6) is -0.716. The van der Waals surface area contributed by atoms with E-state index in [1.54, 1.807) is 12.1 Å². The zero-order valence-corrected chi connectivity index (χ0v) is 12.8. The van der Waals surface area contributed by atoms with Gasteiger partial charge in [0, 0.05) is 11.6 Å². The molecule has 21 heavy (non-hydrogen) atoms. The molecular formula is C15H22O6. The first-order valence-electron chi connectivity index (χ1n) is 6.70. The molecule has 0 saturated carbocycles. The Balaban J connectivity index is 3.29. The van der Waals surface area contributed by atoms with Gasteiger partial charge in [0.2, 0.25) is 0 Å². The van der Waals surface area contributed by atoms with Crippen LogP contribution in [0.25, 0.3) is 0 Å². The van der Waals surface area contributed by atoms with Gasteiger partial charge in [-0.25, -0.2) is 0 Å². The van der Waals surface area contributed by atoms with Crippen molar-refractivity contribution < 1.29 is 29.2 Å². The molecule has 0 aliphatic carbocycles. The molecule has 1 aromatic rings. The number of carbonyl (C=O) groups is 1. The molecule has 0 amide bonds. The van der Waals surface area contributed by atoms with E-state index in [-0.39, 0.29) is 0 Å². The summed E-state index contributed by atoms with van der Waals surface area (Å²) in [5.41, 5.74) is 0.371. The highest BCUT2D eigenvalue weighted by Gasteiger charge is 2.30. The fourth-order valence-electron chi connectivity index (χ4n) is 2.23. The maximum absolute atomic E-state index is 11.3. The number of methoxy groups -OCH3 is 3. The third-order valence-corrected chi connectivity index (χ3v) is 3.35. The standard InChI is InChI=1S/C15H22O6/c1-5-6-9(15(17)18)14(16)10-7-12(20-3)13(21-4)8-11(10)19-2/h7-9,14,16H,5-6H2,1-4H3,(H,17,18). The molecule has 0 aromatic heterocycles. The smallest absolute Gasteiger partial charge is 0.309 e. The number of aliphatic hydroxyl groups is 1. The van der Waals surface area contributed by atoms with Crippen LogP contribution in [0.3, 0.4) is 0 Å². The molecule has 0 spiro atoms. The molecule has 2 atom stereocenters. The topological polar surface area (TPSA) is 85.2 Å². The predicted molar refractivity (Wildman–Crippen MR) is 77.1 cm³/mol. The second-order valence-electron chi connectivity index (χ2n) is 4.63. The van der Waals surface area contributed by atoms with Crippen molar-refractivity contribution in [1.29, 1.82) is 0 Å². The van der Waals surface area contributed by atoms with Crippen molar-refractivity contribution in [3.05, 3.63) is 17.7 Å². The van der Waals surface area contributed by atoms with Crippen LogP contribution in [0.1, 0.15) is 31.4 Å². The van der Waals surface area contributed by atoms with E-state index in [0.29, 0.717) is 35.7 Å². The molecule has 6 heteroatoms. The van der Waals surface area contributed by atoms with Crippen LogP contribution >= 0.6 is 0 Å². The predicted octanol–water partition coefficient (Wildman–Crippen LogP) is 2.25. The molecule has 0 fully saturated rings. The minimum Gasteiger partial charge on any atom is -0.496 e. The van der Waals surface area contributed by atoms with Crippen molar-refractivity contribution in [1.82, 2.24) is 0 Å². The van der Waals surface area contributed by atoms with E-state index in [0.717, 1.165) is 0 Å². The van der Waals surface area contributed by atoms with Crippen molar-refractivity contribution in [2.45, 2.75) is 25.9 Å². The second kappa shape index (κ2) is 7.73. The first-order chi connectivity index (χ1) is 9.99. The molecule has 0 bridgehead atoms. The van der Waals surface area contributed by atoms with E-state index in [1.807, 2.05) is 6.92 Å². The van der Waals surface area contributed by atoms with Gasteiger partial charge in [0.15, 0.2) is 11.5 Å². The third kappa shape index (κ3) is 3.78. The Labute approximate surface area is 124 Å². The van der Waals surface area contributed by atoms with E-state index in [2.05, 4.69) is 0 Å². The SMILES string of the molecule is CCCC(C(=O)O)C(O)c1cc(OC)c(OC)cc1OC. The van der Waals surface area contributed by atoms with Crippen LogP contribution in [0.2, 0.25) is 0 Å². The Hall–Kier alpha value is -1.95. The third-order valence-electron chi connectivity index (χ3n) is 3.35. The van der Waals surface area contributed by atoms with E-state index in [1.165, 1.54) is 21.3 Å². The van der Waals surface area contributed by atoms with Gasteiger partial charge in [0.05, 0.1) is 33.4 Å². The Morgan fingerprint density at radius 2 is 1.62 bits per heavy atom. The highest BCUT2D eigenvalue weighted by Crippen LogP contribution is 2.40. The van der Waals surface area contributed by atoms with Crippen molar-refractivity contribution >= 4 is 5.97 Å². The summed E-state index contributed by atoms with van der Waals surface area (Å²) in [6.45, 7) is 1.87. The lowest BCUT2D eigenvalue weighted by atomic mass is 9.91. The molecule has 118 valence electrons. The van der Waals surface area contributed by atoms with Crippen molar-refractivity contribution in [2.75, 3.05) is 21.3 Å². The van der Waals surface area contributed by atoms with Gasteiger partial charge in [-0.15, -0.1) is 0 Å². The van der Waals surface area contributed by atoms with Gasteiger partial charge in [-0.1, -0.05) is 13.3 Å². The number of aliphatic hydroxyl groups excluding tert-OH is 1. The fourth-order valence-corrected chi connectivity index (χ4v) is 2.23. The maximum atomic E-state index is 11.3. The summed E-state index contributed by atoms with van der Waals surface area (Å²) in [4.78, 5) is 11.3. The molecule has 0 heterocycles. The fraction of sp³-hybridized carbons (Fsp3) is 0.533. The Morgan fingerprint density at radius 1 is 1.10 bits per heavy atom. The lowest BCUT2D eigenvalue weighted by Gasteiger charge is -2.22. The van der Waals surface area contributed by atoms with Gasteiger partial charge in [-0.3, -0.25) is 4.79 Å². The number of carboxylic acid groups (broad SMARTS) is 1. The summed E-state index contributed by atoms with van der Waals surface area (Å²) >= 11 is 0. The molecule has 6 nitrogen and oxygen atoms in total. The zero-order chi connectivity index (χ0) is 16.0.